The van der Waals surface area contributed by atoms with Crippen molar-refractivity contribution in [2.45, 2.75) is 31.2 Å². The minimum Gasteiger partial charge on any atom is -0.463 e. The first-order chi connectivity index (χ1) is 10.2. The fourth-order valence-electron chi connectivity index (χ4n) is 3.32. The molecule has 2 heterocycles. The predicted octanol–water partition coefficient (Wildman–Crippen LogP) is 2.77. The van der Waals surface area contributed by atoms with Gasteiger partial charge in [-0.3, -0.25) is 0 Å². The topological polar surface area (TPSA) is 60.5 Å². The van der Waals surface area contributed by atoms with E-state index in [0.29, 0.717) is 12.6 Å². The second kappa shape index (κ2) is 4.84. The van der Waals surface area contributed by atoms with Gasteiger partial charge >= 0.3 is 0 Å². The van der Waals surface area contributed by atoms with Crippen molar-refractivity contribution in [3.63, 3.8) is 0 Å². The van der Waals surface area contributed by atoms with E-state index in [0.717, 1.165) is 31.4 Å². The Balaban J connectivity index is 1.73. The number of aliphatic imine (C=N–C) groups is 1. The summed E-state index contributed by atoms with van der Waals surface area (Å²) in [4.78, 5) is 9.00. The number of benzene rings is 1. The molecule has 0 saturated heterocycles. The number of aryl methyl sites for hydroxylation is 1. The van der Waals surface area contributed by atoms with Crippen molar-refractivity contribution in [2.24, 2.45) is 10.7 Å². The van der Waals surface area contributed by atoms with E-state index in [1.54, 1.807) is 11.3 Å². The zero-order valence-corrected chi connectivity index (χ0v) is 12.5. The summed E-state index contributed by atoms with van der Waals surface area (Å²) < 4.78 is 5.44. The predicted molar refractivity (Wildman–Crippen MR) is 84.5 cm³/mol. The summed E-state index contributed by atoms with van der Waals surface area (Å²) in [6.07, 6.45) is 4.17. The van der Waals surface area contributed by atoms with Gasteiger partial charge in [-0.05, 0) is 36.5 Å². The van der Waals surface area contributed by atoms with Gasteiger partial charge in [-0.2, -0.15) is 0 Å². The molecule has 2 aromatic rings. The van der Waals surface area contributed by atoms with E-state index >= 15 is 0 Å². The van der Waals surface area contributed by atoms with Crippen molar-refractivity contribution >= 4 is 17.4 Å². The second-order valence-electron chi connectivity index (χ2n) is 5.85. The lowest BCUT2D eigenvalue weighted by Gasteiger charge is -2.22. The van der Waals surface area contributed by atoms with Gasteiger partial charge in [-0.15, -0.1) is 11.3 Å². The maximum Gasteiger partial charge on any atom is 0.282 e. The molecule has 0 saturated carbocycles. The van der Waals surface area contributed by atoms with Crippen LogP contribution in [0.4, 0.5) is 0 Å². The number of hydrogen-bond donors (Lipinski definition) is 1. The fraction of sp³-hybridized carbons (Fsp3) is 0.375. The number of aromatic nitrogens is 1. The van der Waals surface area contributed by atoms with Crippen LogP contribution in [0.2, 0.25) is 0 Å². The average Bonchev–Trinajstić information content (AvgIpc) is 3.07. The third-order valence-corrected chi connectivity index (χ3v) is 4.96. The van der Waals surface area contributed by atoms with E-state index in [1.165, 1.54) is 16.7 Å². The van der Waals surface area contributed by atoms with E-state index in [2.05, 4.69) is 33.6 Å². The number of fused-ring (bicyclic) bond motifs is 1. The highest BCUT2D eigenvalue weighted by atomic mass is 32.1. The third kappa shape index (κ3) is 2.31. The van der Waals surface area contributed by atoms with Crippen LogP contribution in [0.1, 0.15) is 24.0 Å². The minimum absolute atomic E-state index is 0.157. The van der Waals surface area contributed by atoms with Crippen LogP contribution < -0.4 is 5.73 Å². The van der Waals surface area contributed by atoms with Crippen molar-refractivity contribution in [3.8, 4) is 11.3 Å². The molecule has 1 aromatic heterocycles. The first kappa shape index (κ1) is 12.8. The third-order valence-electron chi connectivity index (χ3n) is 4.38. The molecule has 4 rings (SSSR count). The molecule has 4 nitrogen and oxygen atoms in total. The van der Waals surface area contributed by atoms with Crippen LogP contribution in [0.3, 0.4) is 0 Å². The molecule has 0 fully saturated rings. The van der Waals surface area contributed by atoms with Gasteiger partial charge in [0.25, 0.3) is 6.02 Å². The lowest BCUT2D eigenvalue weighted by atomic mass is 9.89. The highest BCUT2D eigenvalue weighted by Gasteiger charge is 2.37. The molecule has 108 valence electrons. The molecular formula is C16H17N3OS. The Labute approximate surface area is 127 Å². The first-order valence-corrected chi connectivity index (χ1v) is 8.17. The SMILES string of the molecule is NC1=NC2(CCCc3ccc(-c4cscn4)cc3C2)CO1. The molecule has 1 aliphatic carbocycles. The van der Waals surface area contributed by atoms with Gasteiger partial charge in [-0.25, -0.2) is 9.98 Å². The molecule has 0 bridgehead atoms. The molecule has 0 amide bonds. The van der Waals surface area contributed by atoms with Crippen LogP contribution in [0.5, 0.6) is 0 Å². The number of nitrogens with zero attached hydrogens (tertiary/aromatic N) is 2. The number of ether oxygens (including phenoxy) is 1. The zero-order valence-electron chi connectivity index (χ0n) is 11.7. The molecule has 1 unspecified atom stereocenters. The molecule has 1 aliphatic heterocycles. The monoisotopic (exact) mass is 299 g/mol. The number of nitrogens with two attached hydrogens (primary N) is 1. The fourth-order valence-corrected chi connectivity index (χ4v) is 3.89. The molecule has 2 N–H and O–H groups in total. The smallest absolute Gasteiger partial charge is 0.282 e. The van der Waals surface area contributed by atoms with E-state index < -0.39 is 0 Å². The number of amidine groups is 1. The molecule has 5 heteroatoms. The van der Waals surface area contributed by atoms with Crippen molar-refractivity contribution < 1.29 is 4.74 Å². The average molecular weight is 299 g/mol. The molecular weight excluding hydrogens is 282 g/mol. The lowest BCUT2D eigenvalue weighted by Crippen LogP contribution is -2.30. The second-order valence-corrected chi connectivity index (χ2v) is 6.57. The Morgan fingerprint density at radius 3 is 3.00 bits per heavy atom. The molecule has 2 aliphatic rings. The van der Waals surface area contributed by atoms with Gasteiger partial charge in [0.05, 0.1) is 11.2 Å². The van der Waals surface area contributed by atoms with Crippen molar-refractivity contribution in [1.29, 1.82) is 0 Å². The number of thiazole rings is 1. The highest BCUT2D eigenvalue weighted by Crippen LogP contribution is 2.35. The van der Waals surface area contributed by atoms with Crippen LogP contribution in [-0.4, -0.2) is 23.2 Å². The normalized spacial score (nSPS) is 24.3. The summed E-state index contributed by atoms with van der Waals surface area (Å²) in [6, 6.07) is 7.02. The van der Waals surface area contributed by atoms with Gasteiger partial charge in [0.1, 0.15) is 12.1 Å². The van der Waals surface area contributed by atoms with E-state index in [9.17, 15) is 0 Å². The van der Waals surface area contributed by atoms with Crippen LogP contribution in [0.25, 0.3) is 11.3 Å². The molecule has 1 atom stereocenters. The van der Waals surface area contributed by atoms with Crippen molar-refractivity contribution in [2.75, 3.05) is 6.61 Å². The maximum atomic E-state index is 5.74. The molecule has 1 aromatic carbocycles. The zero-order chi connectivity index (χ0) is 14.3. The van der Waals surface area contributed by atoms with E-state index in [4.69, 9.17) is 10.5 Å². The largest absolute Gasteiger partial charge is 0.463 e. The van der Waals surface area contributed by atoms with Gasteiger partial charge in [0.2, 0.25) is 0 Å². The molecule has 1 spiro atoms. The Bertz CT molecular complexity index is 696. The summed E-state index contributed by atoms with van der Waals surface area (Å²) in [5.74, 6) is 0. The van der Waals surface area contributed by atoms with Crippen molar-refractivity contribution in [1.82, 2.24) is 4.98 Å². The summed E-state index contributed by atoms with van der Waals surface area (Å²) >= 11 is 1.63. The molecule has 21 heavy (non-hydrogen) atoms. The van der Waals surface area contributed by atoms with Gasteiger partial charge in [0.15, 0.2) is 0 Å². The van der Waals surface area contributed by atoms with E-state index in [1.807, 2.05) is 5.51 Å². The van der Waals surface area contributed by atoms with Crippen LogP contribution in [-0.2, 0) is 17.6 Å². The minimum atomic E-state index is -0.157. The first-order valence-electron chi connectivity index (χ1n) is 7.23. The highest BCUT2D eigenvalue weighted by molar-refractivity contribution is 7.07. The van der Waals surface area contributed by atoms with Crippen LogP contribution in [0.15, 0.2) is 34.1 Å². The quantitative estimate of drug-likeness (QED) is 0.881. The number of hydrogen-bond acceptors (Lipinski definition) is 5. The summed E-state index contributed by atoms with van der Waals surface area (Å²) in [5, 5.41) is 2.09. The Kier molecular flexibility index (Phi) is 2.96. The Hall–Kier alpha value is -1.88. The Morgan fingerprint density at radius 2 is 2.24 bits per heavy atom. The molecule has 0 radical (unpaired) electrons. The van der Waals surface area contributed by atoms with Crippen LogP contribution >= 0.6 is 11.3 Å². The van der Waals surface area contributed by atoms with Gasteiger partial charge < -0.3 is 10.5 Å². The van der Waals surface area contributed by atoms with Crippen molar-refractivity contribution in [3.05, 3.63) is 40.2 Å². The number of rotatable bonds is 1. The van der Waals surface area contributed by atoms with Gasteiger partial charge in [-0.1, -0.05) is 12.1 Å². The summed E-state index contributed by atoms with van der Waals surface area (Å²) in [5.41, 5.74) is 12.5. The maximum absolute atomic E-state index is 5.74. The Morgan fingerprint density at radius 1 is 1.29 bits per heavy atom. The standard InChI is InChI=1S/C16H17N3OS/c17-15-19-16(9-20-15)5-1-2-11-3-4-12(6-13(11)7-16)14-8-21-10-18-14/h3-4,6,8,10H,1-2,5,7,9H2,(H2,17,19). The van der Waals surface area contributed by atoms with E-state index in [-0.39, 0.29) is 5.54 Å². The summed E-state index contributed by atoms with van der Waals surface area (Å²) in [6.45, 7) is 0.610. The summed E-state index contributed by atoms with van der Waals surface area (Å²) in [7, 11) is 0. The van der Waals surface area contributed by atoms with Crippen LogP contribution in [0, 0.1) is 0 Å². The van der Waals surface area contributed by atoms with Gasteiger partial charge in [0, 0.05) is 17.4 Å². The lowest BCUT2D eigenvalue weighted by molar-refractivity contribution is 0.241.